The molecule has 0 atom stereocenters. The topological polar surface area (TPSA) is 46.9 Å². The fourth-order valence-electron chi connectivity index (χ4n) is 2.55. The molecule has 0 aliphatic carbocycles. The van der Waals surface area contributed by atoms with Gasteiger partial charge in [-0.2, -0.15) is 13.2 Å². The molecule has 2 heterocycles. The molecule has 0 bridgehead atoms. The van der Waals surface area contributed by atoms with E-state index in [0.29, 0.717) is 5.56 Å². The minimum Gasteiger partial charge on any atom is -0.350 e. The Morgan fingerprint density at radius 1 is 1.21 bits per heavy atom. The van der Waals surface area contributed by atoms with Gasteiger partial charge in [0.2, 0.25) is 0 Å². The maximum absolute atomic E-state index is 12.7. The van der Waals surface area contributed by atoms with Gasteiger partial charge in [-0.05, 0) is 31.2 Å². The Bertz CT molecular complexity index is 928. The molecule has 1 amide bonds. The Morgan fingerprint density at radius 3 is 2.67 bits per heavy atom. The van der Waals surface area contributed by atoms with Crippen LogP contribution >= 0.6 is 0 Å². The molecule has 24 heavy (non-hydrogen) atoms. The van der Waals surface area contributed by atoms with Crippen molar-refractivity contribution in [2.75, 3.05) is 5.32 Å². The van der Waals surface area contributed by atoms with Crippen LogP contribution in [-0.2, 0) is 13.2 Å². The number of nitrogens with zero attached hydrogens (tertiary/aromatic N) is 2. The molecule has 0 radical (unpaired) electrons. The minimum atomic E-state index is -4.56. The summed E-state index contributed by atoms with van der Waals surface area (Å²) in [4.78, 5) is 15.8. The summed E-state index contributed by atoms with van der Waals surface area (Å²) in [7, 11) is 1.81. The first-order valence-corrected chi connectivity index (χ1v) is 7.16. The standard InChI is InChI=1S/C17H14F3N3O/c1-10-3-4-14-12(7-10)13(9-23(14)2)16(24)22-11-5-6-21-15(8-11)17(18,19)20/h3-9H,1-2H3,(H,21,22,24). The predicted octanol–water partition coefficient (Wildman–Crippen LogP) is 4.15. The van der Waals surface area contributed by atoms with Gasteiger partial charge in [-0.1, -0.05) is 11.6 Å². The SMILES string of the molecule is Cc1ccc2c(c1)c(C(=O)Nc1ccnc(C(F)(F)F)c1)cn2C. The van der Waals surface area contributed by atoms with Crippen LogP contribution in [0.25, 0.3) is 10.9 Å². The lowest BCUT2D eigenvalue weighted by atomic mass is 10.1. The molecule has 2 aromatic heterocycles. The molecule has 3 rings (SSSR count). The lowest BCUT2D eigenvalue weighted by Gasteiger charge is -2.08. The molecule has 0 saturated carbocycles. The van der Waals surface area contributed by atoms with Crippen molar-refractivity contribution in [3.8, 4) is 0 Å². The smallest absolute Gasteiger partial charge is 0.350 e. The Balaban J connectivity index is 1.95. The van der Waals surface area contributed by atoms with E-state index in [4.69, 9.17) is 0 Å². The van der Waals surface area contributed by atoms with E-state index in [1.807, 2.05) is 32.2 Å². The maximum Gasteiger partial charge on any atom is 0.433 e. The summed E-state index contributed by atoms with van der Waals surface area (Å²) in [6.07, 6.45) is -1.88. The van der Waals surface area contributed by atoms with Gasteiger partial charge < -0.3 is 9.88 Å². The second kappa shape index (κ2) is 5.67. The Hall–Kier alpha value is -2.83. The third kappa shape index (κ3) is 2.97. The van der Waals surface area contributed by atoms with Crippen LogP contribution in [0.5, 0.6) is 0 Å². The van der Waals surface area contributed by atoms with Crippen molar-refractivity contribution in [1.29, 1.82) is 0 Å². The van der Waals surface area contributed by atoms with Crippen LogP contribution in [0.3, 0.4) is 0 Å². The van der Waals surface area contributed by atoms with Crippen LogP contribution in [0.15, 0.2) is 42.7 Å². The molecule has 1 aromatic carbocycles. The molecule has 7 heteroatoms. The number of hydrogen-bond donors (Lipinski definition) is 1. The zero-order valence-corrected chi connectivity index (χ0v) is 13.0. The van der Waals surface area contributed by atoms with Crippen molar-refractivity contribution in [3.05, 3.63) is 59.5 Å². The number of aryl methyl sites for hydroxylation is 2. The fraction of sp³-hybridized carbons (Fsp3) is 0.176. The maximum atomic E-state index is 12.7. The largest absolute Gasteiger partial charge is 0.433 e. The van der Waals surface area contributed by atoms with Gasteiger partial charge in [-0.15, -0.1) is 0 Å². The number of halogens is 3. The summed E-state index contributed by atoms with van der Waals surface area (Å²) in [5.74, 6) is -0.467. The number of nitrogens with one attached hydrogen (secondary N) is 1. The zero-order chi connectivity index (χ0) is 17.5. The van der Waals surface area contributed by atoms with E-state index in [1.54, 1.807) is 10.8 Å². The van der Waals surface area contributed by atoms with Gasteiger partial charge in [0, 0.05) is 36.0 Å². The monoisotopic (exact) mass is 333 g/mol. The number of hydrogen-bond acceptors (Lipinski definition) is 2. The second-order valence-corrected chi connectivity index (χ2v) is 5.56. The summed E-state index contributed by atoms with van der Waals surface area (Å²) < 4.78 is 39.9. The number of carbonyl (C=O) groups is 1. The van der Waals surface area contributed by atoms with Crippen molar-refractivity contribution in [2.24, 2.45) is 7.05 Å². The van der Waals surface area contributed by atoms with Gasteiger partial charge in [-0.3, -0.25) is 9.78 Å². The fourth-order valence-corrected chi connectivity index (χ4v) is 2.55. The number of pyridine rings is 1. The summed E-state index contributed by atoms with van der Waals surface area (Å²) in [5.41, 5.74) is 1.27. The lowest BCUT2D eigenvalue weighted by molar-refractivity contribution is -0.141. The first-order chi connectivity index (χ1) is 11.3. The molecule has 1 N–H and O–H groups in total. The summed E-state index contributed by atoms with van der Waals surface area (Å²) in [6.45, 7) is 1.91. The summed E-state index contributed by atoms with van der Waals surface area (Å²) in [5, 5.41) is 3.25. The van der Waals surface area contributed by atoms with E-state index < -0.39 is 17.8 Å². The number of rotatable bonds is 2. The molecule has 124 valence electrons. The number of carbonyl (C=O) groups excluding carboxylic acids is 1. The highest BCUT2D eigenvalue weighted by Crippen LogP contribution is 2.29. The van der Waals surface area contributed by atoms with Crippen molar-refractivity contribution >= 4 is 22.5 Å². The average Bonchev–Trinajstić information content (AvgIpc) is 2.83. The van der Waals surface area contributed by atoms with Gasteiger partial charge in [0.1, 0.15) is 5.69 Å². The van der Waals surface area contributed by atoms with Gasteiger partial charge in [-0.25, -0.2) is 0 Å². The van der Waals surface area contributed by atoms with Crippen LogP contribution in [0.2, 0.25) is 0 Å². The Kier molecular flexibility index (Phi) is 3.79. The number of benzene rings is 1. The van der Waals surface area contributed by atoms with E-state index in [0.717, 1.165) is 28.7 Å². The molecule has 0 spiro atoms. The molecule has 0 fully saturated rings. The van der Waals surface area contributed by atoms with Gasteiger partial charge in [0.05, 0.1) is 5.56 Å². The third-order valence-electron chi connectivity index (χ3n) is 3.70. The highest BCUT2D eigenvalue weighted by Gasteiger charge is 2.32. The molecule has 0 aliphatic heterocycles. The van der Waals surface area contributed by atoms with Crippen molar-refractivity contribution < 1.29 is 18.0 Å². The molecular weight excluding hydrogens is 319 g/mol. The Morgan fingerprint density at radius 2 is 1.96 bits per heavy atom. The normalized spacial score (nSPS) is 11.7. The third-order valence-corrected chi connectivity index (χ3v) is 3.70. The van der Waals surface area contributed by atoms with Crippen molar-refractivity contribution in [2.45, 2.75) is 13.1 Å². The van der Waals surface area contributed by atoms with E-state index in [2.05, 4.69) is 10.3 Å². The number of anilines is 1. The van der Waals surface area contributed by atoms with Crippen LogP contribution < -0.4 is 5.32 Å². The molecule has 3 aromatic rings. The van der Waals surface area contributed by atoms with E-state index >= 15 is 0 Å². The molecular formula is C17H14F3N3O. The quantitative estimate of drug-likeness (QED) is 0.766. The van der Waals surface area contributed by atoms with E-state index in [9.17, 15) is 18.0 Å². The van der Waals surface area contributed by atoms with Crippen LogP contribution in [0.1, 0.15) is 21.6 Å². The van der Waals surface area contributed by atoms with E-state index in [-0.39, 0.29) is 5.69 Å². The number of alkyl halides is 3. The number of amides is 1. The lowest BCUT2D eigenvalue weighted by Crippen LogP contribution is -2.13. The molecule has 0 saturated heterocycles. The minimum absolute atomic E-state index is 0.0481. The predicted molar refractivity (Wildman–Crippen MR) is 84.8 cm³/mol. The van der Waals surface area contributed by atoms with Crippen LogP contribution in [0, 0.1) is 6.92 Å². The molecule has 4 nitrogen and oxygen atoms in total. The first-order valence-electron chi connectivity index (χ1n) is 7.16. The van der Waals surface area contributed by atoms with Crippen LogP contribution in [0.4, 0.5) is 18.9 Å². The number of fused-ring (bicyclic) bond motifs is 1. The summed E-state index contributed by atoms with van der Waals surface area (Å²) >= 11 is 0. The highest BCUT2D eigenvalue weighted by atomic mass is 19.4. The average molecular weight is 333 g/mol. The summed E-state index contributed by atoms with van der Waals surface area (Å²) in [6, 6.07) is 7.84. The van der Waals surface area contributed by atoms with E-state index in [1.165, 1.54) is 6.07 Å². The molecule has 0 aliphatic rings. The zero-order valence-electron chi connectivity index (χ0n) is 13.0. The van der Waals surface area contributed by atoms with Gasteiger partial charge in [0.25, 0.3) is 5.91 Å². The van der Waals surface area contributed by atoms with Gasteiger partial charge >= 0.3 is 6.18 Å². The second-order valence-electron chi connectivity index (χ2n) is 5.56. The first kappa shape index (κ1) is 16.0. The van der Waals surface area contributed by atoms with Crippen molar-refractivity contribution in [3.63, 3.8) is 0 Å². The van der Waals surface area contributed by atoms with Crippen molar-refractivity contribution in [1.82, 2.24) is 9.55 Å². The van der Waals surface area contributed by atoms with Crippen LogP contribution in [-0.4, -0.2) is 15.5 Å². The molecule has 0 unspecified atom stereocenters. The van der Waals surface area contributed by atoms with Gasteiger partial charge in [0.15, 0.2) is 0 Å². The highest BCUT2D eigenvalue weighted by molar-refractivity contribution is 6.13. The Labute approximate surface area is 135 Å². The number of aromatic nitrogens is 2.